The van der Waals surface area contributed by atoms with Gasteiger partial charge in [-0.25, -0.2) is 4.79 Å². The van der Waals surface area contributed by atoms with Gasteiger partial charge in [-0.05, 0) is 36.4 Å². The van der Waals surface area contributed by atoms with Gasteiger partial charge in [-0.15, -0.1) is 0 Å². The van der Waals surface area contributed by atoms with Crippen LogP contribution in [0.5, 0.6) is 17.2 Å². The largest absolute Gasteiger partial charge is 0.457 e. The van der Waals surface area contributed by atoms with E-state index in [1.54, 1.807) is 29.2 Å². The van der Waals surface area contributed by atoms with Crippen LogP contribution in [-0.2, 0) is 4.74 Å². The monoisotopic (exact) mass is 344 g/mol. The van der Waals surface area contributed by atoms with E-state index in [1.165, 1.54) is 24.3 Å². The fourth-order valence-electron chi connectivity index (χ4n) is 2.26. The third kappa shape index (κ3) is 4.45. The van der Waals surface area contributed by atoms with E-state index in [4.69, 9.17) is 14.2 Å². The lowest BCUT2D eigenvalue weighted by molar-refractivity contribution is -0.384. The Balaban J connectivity index is 1.58. The van der Waals surface area contributed by atoms with Gasteiger partial charge in [-0.3, -0.25) is 10.1 Å². The summed E-state index contributed by atoms with van der Waals surface area (Å²) in [5, 5.41) is 10.6. The summed E-state index contributed by atoms with van der Waals surface area (Å²) in [7, 11) is 0. The molecular weight excluding hydrogens is 328 g/mol. The number of hydrogen-bond acceptors (Lipinski definition) is 6. The third-order valence-corrected chi connectivity index (χ3v) is 3.58. The molecule has 1 aliphatic heterocycles. The first-order valence-electron chi connectivity index (χ1n) is 7.69. The molecule has 1 heterocycles. The topological polar surface area (TPSA) is 91.1 Å². The Morgan fingerprint density at radius 1 is 0.960 bits per heavy atom. The lowest BCUT2D eigenvalue weighted by Gasteiger charge is -2.25. The summed E-state index contributed by atoms with van der Waals surface area (Å²) < 4.78 is 16.1. The maximum atomic E-state index is 12.0. The van der Waals surface area contributed by atoms with E-state index < -0.39 is 11.0 Å². The summed E-state index contributed by atoms with van der Waals surface area (Å²) in [6.07, 6.45) is -0.410. The molecule has 0 N–H and O–H groups in total. The summed E-state index contributed by atoms with van der Waals surface area (Å²) >= 11 is 0. The molecule has 0 atom stereocenters. The number of nitrogens with zero attached hydrogens (tertiary/aromatic N) is 2. The Bertz CT molecular complexity index is 739. The van der Waals surface area contributed by atoms with E-state index in [9.17, 15) is 14.9 Å². The molecule has 0 aromatic heterocycles. The van der Waals surface area contributed by atoms with E-state index in [2.05, 4.69) is 0 Å². The zero-order valence-corrected chi connectivity index (χ0v) is 13.3. The first-order chi connectivity index (χ1) is 12.1. The molecule has 3 rings (SSSR count). The second kappa shape index (κ2) is 7.63. The van der Waals surface area contributed by atoms with Crippen LogP contribution in [0, 0.1) is 10.1 Å². The fraction of sp³-hybridized carbons (Fsp3) is 0.235. The van der Waals surface area contributed by atoms with Crippen LogP contribution in [0.25, 0.3) is 0 Å². The first kappa shape index (κ1) is 16.7. The number of nitro groups is 1. The van der Waals surface area contributed by atoms with Gasteiger partial charge in [0, 0.05) is 25.2 Å². The summed E-state index contributed by atoms with van der Waals surface area (Å²) in [6, 6.07) is 12.3. The molecule has 0 bridgehead atoms. The van der Waals surface area contributed by atoms with Crippen molar-refractivity contribution in [1.82, 2.24) is 4.90 Å². The van der Waals surface area contributed by atoms with Crippen LogP contribution in [0.2, 0.25) is 0 Å². The van der Waals surface area contributed by atoms with Gasteiger partial charge in [-0.2, -0.15) is 0 Å². The van der Waals surface area contributed by atoms with Crippen molar-refractivity contribution in [2.75, 3.05) is 26.3 Å². The minimum Gasteiger partial charge on any atom is -0.457 e. The number of amides is 1. The van der Waals surface area contributed by atoms with Gasteiger partial charge in [0.1, 0.15) is 17.2 Å². The van der Waals surface area contributed by atoms with E-state index in [0.717, 1.165) is 0 Å². The second-order valence-corrected chi connectivity index (χ2v) is 5.29. The van der Waals surface area contributed by atoms with Crippen LogP contribution < -0.4 is 9.47 Å². The predicted octanol–water partition coefficient (Wildman–Crippen LogP) is 3.22. The molecule has 1 amide bonds. The Morgan fingerprint density at radius 2 is 1.48 bits per heavy atom. The Labute approximate surface area is 143 Å². The average Bonchev–Trinajstić information content (AvgIpc) is 2.64. The SMILES string of the molecule is O=C(Oc1ccc(Oc2ccc([N+](=O)[O-])cc2)cc1)N1CCOCC1. The zero-order valence-electron chi connectivity index (χ0n) is 13.3. The number of carbonyl (C=O) groups excluding carboxylic acids is 1. The smallest absolute Gasteiger partial charge is 0.415 e. The number of carbonyl (C=O) groups is 1. The highest BCUT2D eigenvalue weighted by molar-refractivity contribution is 5.70. The molecule has 8 nitrogen and oxygen atoms in total. The van der Waals surface area contributed by atoms with Crippen LogP contribution >= 0.6 is 0 Å². The molecule has 8 heteroatoms. The van der Waals surface area contributed by atoms with E-state index in [-0.39, 0.29) is 5.69 Å². The van der Waals surface area contributed by atoms with Gasteiger partial charge in [-0.1, -0.05) is 0 Å². The molecule has 1 saturated heterocycles. The molecule has 25 heavy (non-hydrogen) atoms. The quantitative estimate of drug-likeness (QED) is 0.625. The van der Waals surface area contributed by atoms with Gasteiger partial charge in [0.2, 0.25) is 0 Å². The molecular formula is C17H16N2O6. The number of morpholine rings is 1. The molecule has 0 unspecified atom stereocenters. The van der Waals surface area contributed by atoms with E-state index in [1.807, 2.05) is 0 Å². The Kier molecular flexibility index (Phi) is 5.10. The average molecular weight is 344 g/mol. The summed E-state index contributed by atoms with van der Waals surface area (Å²) in [4.78, 5) is 23.7. The molecule has 1 fully saturated rings. The van der Waals surface area contributed by atoms with Crippen LogP contribution in [0.15, 0.2) is 48.5 Å². The van der Waals surface area contributed by atoms with Crippen LogP contribution in [-0.4, -0.2) is 42.2 Å². The van der Waals surface area contributed by atoms with Gasteiger partial charge in [0.05, 0.1) is 18.1 Å². The molecule has 1 aliphatic rings. The zero-order chi connectivity index (χ0) is 17.6. The van der Waals surface area contributed by atoms with E-state index in [0.29, 0.717) is 43.6 Å². The fourth-order valence-corrected chi connectivity index (χ4v) is 2.26. The summed E-state index contributed by atoms with van der Waals surface area (Å²) in [5.41, 5.74) is -0.00211. The highest BCUT2D eigenvalue weighted by atomic mass is 16.6. The normalized spacial score (nSPS) is 14.0. The standard InChI is InChI=1S/C17H16N2O6/c20-17(18-9-11-23-12-10-18)25-16-7-5-15(6-8-16)24-14-3-1-13(2-4-14)19(21)22/h1-8H,9-12H2. The van der Waals surface area contributed by atoms with Gasteiger partial charge < -0.3 is 19.1 Å². The molecule has 130 valence electrons. The summed E-state index contributed by atoms with van der Waals surface area (Å²) in [5.74, 6) is 1.41. The predicted molar refractivity (Wildman–Crippen MR) is 88.0 cm³/mol. The maximum Gasteiger partial charge on any atom is 0.415 e. The van der Waals surface area contributed by atoms with Gasteiger partial charge >= 0.3 is 6.09 Å². The van der Waals surface area contributed by atoms with Gasteiger partial charge in [0.25, 0.3) is 5.69 Å². The molecule has 0 aliphatic carbocycles. The highest BCUT2D eigenvalue weighted by Gasteiger charge is 2.18. The molecule has 0 radical (unpaired) electrons. The number of non-ortho nitro benzene ring substituents is 1. The van der Waals surface area contributed by atoms with Crippen LogP contribution in [0.3, 0.4) is 0 Å². The maximum absolute atomic E-state index is 12.0. The number of rotatable bonds is 4. The summed E-state index contributed by atoms with van der Waals surface area (Å²) in [6.45, 7) is 2.05. The van der Waals surface area contributed by atoms with Crippen molar-refractivity contribution < 1.29 is 23.9 Å². The lowest BCUT2D eigenvalue weighted by Crippen LogP contribution is -2.42. The van der Waals surface area contributed by atoms with Crippen molar-refractivity contribution in [1.29, 1.82) is 0 Å². The van der Waals surface area contributed by atoms with E-state index >= 15 is 0 Å². The lowest BCUT2D eigenvalue weighted by atomic mass is 10.3. The van der Waals surface area contributed by atoms with Crippen molar-refractivity contribution in [3.8, 4) is 17.2 Å². The van der Waals surface area contributed by atoms with Crippen LogP contribution in [0.1, 0.15) is 0 Å². The highest BCUT2D eigenvalue weighted by Crippen LogP contribution is 2.25. The van der Waals surface area contributed by atoms with Crippen LogP contribution in [0.4, 0.5) is 10.5 Å². The minimum atomic E-state index is -0.471. The molecule has 2 aromatic carbocycles. The number of ether oxygens (including phenoxy) is 3. The minimum absolute atomic E-state index is 0.00211. The second-order valence-electron chi connectivity index (χ2n) is 5.29. The van der Waals surface area contributed by atoms with Crippen molar-refractivity contribution in [2.24, 2.45) is 0 Å². The van der Waals surface area contributed by atoms with Crippen molar-refractivity contribution in [3.63, 3.8) is 0 Å². The molecule has 0 saturated carbocycles. The number of benzene rings is 2. The first-order valence-corrected chi connectivity index (χ1v) is 7.69. The third-order valence-electron chi connectivity index (χ3n) is 3.58. The Hall–Kier alpha value is -3.13. The Morgan fingerprint density at radius 3 is 2.04 bits per heavy atom. The van der Waals surface area contributed by atoms with Crippen molar-refractivity contribution >= 4 is 11.8 Å². The molecule has 0 spiro atoms. The number of hydrogen-bond donors (Lipinski definition) is 0. The molecule has 2 aromatic rings. The van der Waals surface area contributed by atoms with Crippen molar-refractivity contribution in [2.45, 2.75) is 0 Å². The van der Waals surface area contributed by atoms with Crippen molar-refractivity contribution in [3.05, 3.63) is 58.6 Å². The number of nitro benzene ring substituents is 1. The van der Waals surface area contributed by atoms with Gasteiger partial charge in [0.15, 0.2) is 0 Å².